The molecular weight excluding hydrogens is 264 g/mol. The van der Waals surface area contributed by atoms with Crippen molar-refractivity contribution < 1.29 is 13.2 Å². The van der Waals surface area contributed by atoms with Crippen LogP contribution in [0, 0.1) is 0 Å². The summed E-state index contributed by atoms with van der Waals surface area (Å²) in [5.74, 6) is -0.204. The van der Waals surface area contributed by atoms with Gasteiger partial charge < -0.3 is 10.3 Å². The van der Waals surface area contributed by atoms with Gasteiger partial charge in [0.2, 0.25) is 0 Å². The molecule has 0 bridgehead atoms. The number of hydrogen-bond acceptors (Lipinski definition) is 3. The van der Waals surface area contributed by atoms with E-state index >= 15 is 0 Å². The van der Waals surface area contributed by atoms with Gasteiger partial charge >= 0.3 is 0 Å². The molecular formula is C13H16N2O3S. The number of amides is 1. The molecule has 0 fully saturated rings. The van der Waals surface area contributed by atoms with E-state index in [1.54, 1.807) is 25.3 Å². The van der Waals surface area contributed by atoms with Gasteiger partial charge in [-0.25, -0.2) is 8.42 Å². The lowest BCUT2D eigenvalue weighted by Gasteiger charge is -2.06. The zero-order valence-corrected chi connectivity index (χ0v) is 11.5. The van der Waals surface area contributed by atoms with Crippen molar-refractivity contribution in [3.63, 3.8) is 0 Å². The third kappa shape index (κ3) is 3.14. The normalized spacial score (nSPS) is 11.6. The Bertz CT molecular complexity index is 689. The maximum atomic E-state index is 12.0. The number of sulfone groups is 1. The second kappa shape index (κ2) is 5.44. The Labute approximate surface area is 111 Å². The lowest BCUT2D eigenvalue weighted by Crippen LogP contribution is -2.29. The van der Waals surface area contributed by atoms with Gasteiger partial charge in [-0.05, 0) is 12.1 Å². The summed E-state index contributed by atoms with van der Waals surface area (Å²) in [6.45, 7) is 1.73. The molecule has 2 aromatic rings. The molecule has 0 aliphatic carbocycles. The predicted molar refractivity (Wildman–Crippen MR) is 75.0 cm³/mol. The zero-order chi connectivity index (χ0) is 13.9. The van der Waals surface area contributed by atoms with Crippen LogP contribution in [0.4, 0.5) is 0 Å². The fourth-order valence-electron chi connectivity index (χ4n) is 1.83. The summed E-state index contributed by atoms with van der Waals surface area (Å²) in [5.41, 5.74) is 1.29. The molecule has 5 nitrogen and oxygen atoms in total. The molecule has 0 aliphatic rings. The third-order valence-electron chi connectivity index (χ3n) is 2.97. The van der Waals surface area contributed by atoms with E-state index in [1.807, 2.05) is 12.1 Å². The van der Waals surface area contributed by atoms with Crippen LogP contribution in [-0.4, -0.2) is 37.4 Å². The minimum Gasteiger partial charge on any atom is -0.361 e. The van der Waals surface area contributed by atoms with E-state index < -0.39 is 9.84 Å². The van der Waals surface area contributed by atoms with Crippen molar-refractivity contribution in [2.75, 3.05) is 18.1 Å². The van der Waals surface area contributed by atoms with Crippen molar-refractivity contribution in [1.82, 2.24) is 10.3 Å². The molecule has 0 aliphatic heterocycles. The van der Waals surface area contributed by atoms with Crippen molar-refractivity contribution in [3.8, 4) is 0 Å². The molecule has 2 N–H and O–H groups in total. The molecule has 1 heterocycles. The molecule has 0 saturated carbocycles. The van der Waals surface area contributed by atoms with Gasteiger partial charge in [-0.3, -0.25) is 4.79 Å². The summed E-state index contributed by atoms with van der Waals surface area (Å²) in [6.07, 6.45) is 1.77. The highest BCUT2D eigenvalue weighted by Crippen LogP contribution is 2.16. The smallest absolute Gasteiger partial charge is 0.253 e. The molecule has 0 spiro atoms. The average Bonchev–Trinajstić information content (AvgIpc) is 2.86. The number of aromatic nitrogens is 1. The molecule has 102 valence electrons. The van der Waals surface area contributed by atoms with Gasteiger partial charge in [-0.2, -0.15) is 0 Å². The maximum Gasteiger partial charge on any atom is 0.253 e. The SMILES string of the molecule is CCS(=O)(=O)CCNC(=O)c1cccc2cc[nH]c12. The van der Waals surface area contributed by atoms with Crippen molar-refractivity contribution in [3.05, 3.63) is 36.0 Å². The first kappa shape index (κ1) is 13.6. The zero-order valence-electron chi connectivity index (χ0n) is 10.6. The van der Waals surface area contributed by atoms with Gasteiger partial charge in [-0.1, -0.05) is 19.1 Å². The molecule has 1 amide bonds. The monoisotopic (exact) mass is 280 g/mol. The predicted octanol–water partition coefficient (Wildman–Crippen LogP) is 1.33. The van der Waals surface area contributed by atoms with E-state index in [4.69, 9.17) is 0 Å². The second-order valence-corrected chi connectivity index (χ2v) is 6.71. The minimum absolute atomic E-state index is 0.0318. The van der Waals surface area contributed by atoms with E-state index in [0.717, 1.165) is 10.9 Å². The molecule has 6 heteroatoms. The van der Waals surface area contributed by atoms with Crippen molar-refractivity contribution >= 4 is 26.6 Å². The van der Waals surface area contributed by atoms with Gasteiger partial charge in [-0.15, -0.1) is 0 Å². The number of hydrogen-bond donors (Lipinski definition) is 2. The Kier molecular flexibility index (Phi) is 3.90. The Hall–Kier alpha value is -1.82. The summed E-state index contributed by atoms with van der Waals surface area (Å²) in [5, 5.41) is 3.59. The minimum atomic E-state index is -3.05. The number of carbonyl (C=O) groups is 1. The molecule has 19 heavy (non-hydrogen) atoms. The van der Waals surface area contributed by atoms with Crippen LogP contribution in [0.25, 0.3) is 10.9 Å². The van der Waals surface area contributed by atoms with Crippen LogP contribution in [0.1, 0.15) is 17.3 Å². The molecule has 0 unspecified atom stereocenters. The summed E-state index contributed by atoms with van der Waals surface area (Å²) in [6, 6.07) is 7.30. The summed E-state index contributed by atoms with van der Waals surface area (Å²) < 4.78 is 22.7. The van der Waals surface area contributed by atoms with Gasteiger partial charge in [0, 0.05) is 23.9 Å². The fraction of sp³-hybridized carbons (Fsp3) is 0.308. The average molecular weight is 280 g/mol. The largest absolute Gasteiger partial charge is 0.361 e. The van der Waals surface area contributed by atoms with Crippen LogP contribution in [0.5, 0.6) is 0 Å². The number of rotatable bonds is 5. The summed E-state index contributed by atoms with van der Waals surface area (Å²) in [4.78, 5) is 15.0. The van der Waals surface area contributed by atoms with E-state index in [1.165, 1.54) is 0 Å². The van der Waals surface area contributed by atoms with Gasteiger partial charge in [0.1, 0.15) is 0 Å². The fourth-order valence-corrected chi connectivity index (χ4v) is 2.54. The second-order valence-electron chi connectivity index (χ2n) is 4.24. The van der Waals surface area contributed by atoms with Crippen LogP contribution in [0.15, 0.2) is 30.5 Å². The highest BCUT2D eigenvalue weighted by Gasteiger charge is 2.12. The first-order valence-electron chi connectivity index (χ1n) is 6.08. The van der Waals surface area contributed by atoms with Gasteiger partial charge in [0.15, 0.2) is 9.84 Å². The maximum absolute atomic E-state index is 12.0. The van der Waals surface area contributed by atoms with Crippen molar-refractivity contribution in [1.29, 1.82) is 0 Å². The number of H-pyrrole nitrogens is 1. The third-order valence-corrected chi connectivity index (χ3v) is 4.68. The highest BCUT2D eigenvalue weighted by molar-refractivity contribution is 7.91. The lowest BCUT2D eigenvalue weighted by molar-refractivity contribution is 0.0957. The van der Waals surface area contributed by atoms with Crippen LogP contribution in [0.2, 0.25) is 0 Å². The first-order valence-corrected chi connectivity index (χ1v) is 7.90. The number of para-hydroxylation sites is 1. The number of carbonyl (C=O) groups excluding carboxylic acids is 1. The van der Waals surface area contributed by atoms with Gasteiger partial charge in [0.05, 0.1) is 16.8 Å². The summed E-state index contributed by atoms with van der Waals surface area (Å²) in [7, 11) is -3.05. The van der Waals surface area contributed by atoms with Crippen LogP contribution in [-0.2, 0) is 9.84 Å². The van der Waals surface area contributed by atoms with Crippen LogP contribution in [0.3, 0.4) is 0 Å². The van der Waals surface area contributed by atoms with Gasteiger partial charge in [0.25, 0.3) is 5.91 Å². The molecule has 0 radical (unpaired) electrons. The number of nitrogens with one attached hydrogen (secondary N) is 2. The van der Waals surface area contributed by atoms with E-state index in [2.05, 4.69) is 10.3 Å². The van der Waals surface area contributed by atoms with E-state index in [0.29, 0.717) is 5.56 Å². The quantitative estimate of drug-likeness (QED) is 0.867. The van der Waals surface area contributed by atoms with E-state index in [-0.39, 0.29) is 24.0 Å². The number of fused-ring (bicyclic) bond motifs is 1. The Balaban J connectivity index is 2.07. The van der Waals surface area contributed by atoms with Crippen molar-refractivity contribution in [2.24, 2.45) is 0 Å². The Morgan fingerprint density at radius 1 is 1.32 bits per heavy atom. The molecule has 2 rings (SSSR count). The Morgan fingerprint density at radius 3 is 2.84 bits per heavy atom. The summed E-state index contributed by atoms with van der Waals surface area (Å²) >= 11 is 0. The molecule has 1 aromatic carbocycles. The number of benzene rings is 1. The molecule has 1 aromatic heterocycles. The molecule has 0 atom stereocenters. The van der Waals surface area contributed by atoms with Crippen LogP contribution >= 0.6 is 0 Å². The first-order chi connectivity index (χ1) is 9.03. The lowest BCUT2D eigenvalue weighted by atomic mass is 10.1. The Morgan fingerprint density at radius 2 is 2.11 bits per heavy atom. The number of aromatic amines is 1. The topological polar surface area (TPSA) is 79.0 Å². The van der Waals surface area contributed by atoms with E-state index in [9.17, 15) is 13.2 Å². The molecule has 0 saturated heterocycles. The van der Waals surface area contributed by atoms with Crippen LogP contribution < -0.4 is 5.32 Å². The standard InChI is InChI=1S/C13H16N2O3S/c1-2-19(17,18)9-8-15-13(16)11-5-3-4-10-6-7-14-12(10)11/h3-7,14H,2,8-9H2,1H3,(H,15,16). The highest BCUT2D eigenvalue weighted by atomic mass is 32.2. The van der Waals surface area contributed by atoms with Crippen molar-refractivity contribution in [2.45, 2.75) is 6.92 Å².